The number of amides is 2. The van der Waals surface area contributed by atoms with Crippen LogP contribution in [0.3, 0.4) is 0 Å². The Morgan fingerprint density at radius 2 is 1.88 bits per heavy atom. The van der Waals surface area contributed by atoms with Crippen molar-refractivity contribution < 1.29 is 23.1 Å². The highest BCUT2D eigenvalue weighted by atomic mass is 32.1. The molecule has 2 aromatic carbocycles. The molecule has 2 heterocycles. The van der Waals surface area contributed by atoms with Crippen molar-refractivity contribution in [2.24, 2.45) is 0 Å². The van der Waals surface area contributed by atoms with Gasteiger partial charge in [-0.15, -0.1) is 0 Å². The van der Waals surface area contributed by atoms with Crippen molar-refractivity contribution in [1.29, 1.82) is 0 Å². The lowest BCUT2D eigenvalue weighted by molar-refractivity contribution is -0.124. The van der Waals surface area contributed by atoms with Gasteiger partial charge in [0, 0.05) is 5.69 Å². The average molecular weight is 453 g/mol. The Morgan fingerprint density at radius 3 is 2.50 bits per heavy atom. The average Bonchev–Trinajstić information content (AvgIpc) is 3.38. The molecule has 1 fully saturated rings. The van der Waals surface area contributed by atoms with E-state index in [0.29, 0.717) is 22.9 Å². The minimum atomic E-state index is -0.837. The van der Waals surface area contributed by atoms with Crippen molar-refractivity contribution in [2.75, 3.05) is 17.3 Å². The summed E-state index contributed by atoms with van der Waals surface area (Å²) in [5, 5.41) is 3.01. The Labute approximate surface area is 189 Å². The van der Waals surface area contributed by atoms with Crippen LogP contribution >= 0.6 is 12.2 Å². The summed E-state index contributed by atoms with van der Waals surface area (Å²) in [6.45, 7) is 0.218. The summed E-state index contributed by atoms with van der Waals surface area (Å²) in [6, 6.07) is 15.0. The van der Waals surface area contributed by atoms with Crippen LogP contribution in [0.4, 0.5) is 15.8 Å². The van der Waals surface area contributed by atoms with E-state index >= 15 is 0 Å². The van der Waals surface area contributed by atoms with Crippen molar-refractivity contribution in [3.63, 3.8) is 0 Å². The molecule has 0 radical (unpaired) electrons. The number of carbonyl (C=O) groups is 2. The number of hydrogen-bond donors (Lipinski definition) is 1. The fraction of sp³-hybridized carbons (Fsp3) is 0.174. The third kappa shape index (κ3) is 4.47. The second-order valence-electron chi connectivity index (χ2n) is 7.14. The minimum Gasteiger partial charge on any atom is -0.497 e. The van der Waals surface area contributed by atoms with Gasteiger partial charge in [0.1, 0.15) is 23.4 Å². The molecule has 9 heteroatoms. The Bertz CT molecular complexity index is 1120. The fourth-order valence-electron chi connectivity index (χ4n) is 3.47. The predicted octanol–water partition coefficient (Wildman–Crippen LogP) is 3.96. The summed E-state index contributed by atoms with van der Waals surface area (Å²) in [5.41, 5.74) is 1.01. The van der Waals surface area contributed by atoms with Crippen LogP contribution in [0, 0.1) is 5.82 Å². The van der Waals surface area contributed by atoms with Gasteiger partial charge in [0.05, 0.1) is 32.0 Å². The van der Waals surface area contributed by atoms with Crippen molar-refractivity contribution in [3.8, 4) is 5.75 Å². The number of hydrogen-bond acceptors (Lipinski definition) is 5. The molecule has 164 valence electrons. The Morgan fingerprint density at radius 1 is 1.16 bits per heavy atom. The van der Waals surface area contributed by atoms with E-state index in [1.54, 1.807) is 48.4 Å². The number of nitrogens with one attached hydrogen (secondary N) is 1. The largest absolute Gasteiger partial charge is 0.497 e. The van der Waals surface area contributed by atoms with Crippen molar-refractivity contribution in [2.45, 2.75) is 19.0 Å². The number of nitrogens with zero attached hydrogens (tertiary/aromatic N) is 2. The van der Waals surface area contributed by atoms with E-state index in [1.807, 2.05) is 0 Å². The van der Waals surface area contributed by atoms with Gasteiger partial charge in [0.2, 0.25) is 5.91 Å². The van der Waals surface area contributed by atoms with E-state index in [2.05, 4.69) is 5.32 Å². The van der Waals surface area contributed by atoms with Crippen LogP contribution in [-0.4, -0.2) is 35.0 Å². The molecule has 1 aromatic heterocycles. The summed E-state index contributed by atoms with van der Waals surface area (Å²) < 4.78 is 23.9. The number of methoxy groups -OCH3 is 1. The smallest absolute Gasteiger partial charge is 0.256 e. The highest BCUT2D eigenvalue weighted by molar-refractivity contribution is 7.80. The summed E-state index contributed by atoms with van der Waals surface area (Å²) in [7, 11) is 1.56. The van der Waals surface area contributed by atoms with E-state index in [-0.39, 0.29) is 29.9 Å². The van der Waals surface area contributed by atoms with E-state index in [9.17, 15) is 14.0 Å². The lowest BCUT2D eigenvalue weighted by atomic mass is 10.1. The monoisotopic (exact) mass is 453 g/mol. The summed E-state index contributed by atoms with van der Waals surface area (Å²) in [6.07, 6.45) is 1.41. The van der Waals surface area contributed by atoms with Gasteiger partial charge in [0.25, 0.3) is 5.91 Å². The van der Waals surface area contributed by atoms with Crippen molar-refractivity contribution in [3.05, 3.63) is 78.5 Å². The molecule has 0 saturated carbocycles. The van der Waals surface area contributed by atoms with Crippen molar-refractivity contribution in [1.82, 2.24) is 4.90 Å². The third-order valence-electron chi connectivity index (χ3n) is 5.06. The third-order valence-corrected chi connectivity index (χ3v) is 5.48. The molecule has 1 N–H and O–H groups in total. The minimum absolute atomic E-state index is 0.122. The van der Waals surface area contributed by atoms with Gasteiger partial charge in [-0.1, -0.05) is 0 Å². The Balaban J connectivity index is 1.56. The molecule has 0 spiro atoms. The van der Waals surface area contributed by atoms with E-state index in [1.165, 1.54) is 35.4 Å². The maximum Gasteiger partial charge on any atom is 0.256 e. The van der Waals surface area contributed by atoms with Gasteiger partial charge >= 0.3 is 0 Å². The Hall–Kier alpha value is -3.72. The SMILES string of the molecule is COc1ccc(NC(=O)CC2C(=O)N(c3ccc(F)cc3)C(=S)N2Cc2ccco2)cc1. The van der Waals surface area contributed by atoms with Crippen LogP contribution in [0.1, 0.15) is 12.2 Å². The van der Waals surface area contributed by atoms with Crippen molar-refractivity contribution >= 4 is 40.5 Å². The zero-order valence-corrected chi connectivity index (χ0v) is 18.0. The molecule has 1 atom stereocenters. The number of rotatable bonds is 7. The van der Waals surface area contributed by atoms with Gasteiger partial charge in [-0.25, -0.2) is 4.39 Å². The van der Waals surface area contributed by atoms with Crippen LogP contribution in [0.5, 0.6) is 5.75 Å². The first-order chi connectivity index (χ1) is 15.5. The maximum atomic E-state index is 13.4. The van der Waals surface area contributed by atoms with Gasteiger partial charge < -0.3 is 19.4 Å². The molecule has 1 unspecified atom stereocenters. The second-order valence-corrected chi connectivity index (χ2v) is 7.50. The zero-order chi connectivity index (χ0) is 22.7. The number of furan rings is 1. The molecule has 1 saturated heterocycles. The van der Waals surface area contributed by atoms with E-state index in [4.69, 9.17) is 21.4 Å². The fourth-order valence-corrected chi connectivity index (χ4v) is 3.86. The van der Waals surface area contributed by atoms with Gasteiger partial charge in [-0.3, -0.25) is 14.5 Å². The number of benzene rings is 2. The zero-order valence-electron chi connectivity index (χ0n) is 17.2. The summed E-state index contributed by atoms with van der Waals surface area (Å²) >= 11 is 5.56. The van der Waals surface area contributed by atoms with Crippen LogP contribution in [0.15, 0.2) is 71.3 Å². The summed E-state index contributed by atoms with van der Waals surface area (Å²) in [5.74, 6) is 0.134. The standard InChI is InChI=1S/C23H20FN3O4S/c1-30-18-10-6-16(7-11-18)25-21(28)13-20-22(29)27(17-8-4-15(24)5-9-17)23(32)26(20)14-19-3-2-12-31-19/h2-12,20H,13-14H2,1H3,(H,25,28). The predicted molar refractivity (Wildman–Crippen MR) is 121 cm³/mol. The second kappa shape index (κ2) is 9.19. The van der Waals surface area contributed by atoms with Crippen LogP contribution in [0.25, 0.3) is 0 Å². The lowest BCUT2D eigenvalue weighted by Gasteiger charge is -2.22. The van der Waals surface area contributed by atoms with Gasteiger partial charge in [-0.05, 0) is 72.9 Å². The molecule has 32 heavy (non-hydrogen) atoms. The lowest BCUT2D eigenvalue weighted by Crippen LogP contribution is -2.37. The molecule has 0 aliphatic carbocycles. The highest BCUT2D eigenvalue weighted by Gasteiger charge is 2.44. The number of anilines is 2. The molecule has 3 aromatic rings. The number of ether oxygens (including phenoxy) is 1. The summed E-state index contributed by atoms with van der Waals surface area (Å²) in [4.78, 5) is 29.0. The Kier molecular flexibility index (Phi) is 6.18. The first-order valence-corrected chi connectivity index (χ1v) is 10.2. The number of carbonyl (C=O) groups excluding carboxylic acids is 2. The molecule has 0 bridgehead atoms. The first-order valence-electron chi connectivity index (χ1n) is 9.82. The quantitative estimate of drug-likeness (QED) is 0.546. The van der Waals surface area contributed by atoms with Crippen LogP contribution in [0.2, 0.25) is 0 Å². The number of halogens is 1. The molecule has 2 amide bonds. The van der Waals surface area contributed by atoms with Crippen LogP contribution < -0.4 is 15.0 Å². The first kappa shape index (κ1) is 21.5. The number of thiocarbonyl (C=S) groups is 1. The highest BCUT2D eigenvalue weighted by Crippen LogP contribution is 2.29. The van der Waals surface area contributed by atoms with Crippen LogP contribution in [-0.2, 0) is 16.1 Å². The van der Waals surface area contributed by atoms with E-state index in [0.717, 1.165) is 0 Å². The molecule has 1 aliphatic heterocycles. The normalized spacial score (nSPS) is 15.9. The van der Waals surface area contributed by atoms with Gasteiger partial charge in [-0.2, -0.15) is 0 Å². The topological polar surface area (TPSA) is 75.0 Å². The molecule has 7 nitrogen and oxygen atoms in total. The molecular weight excluding hydrogens is 433 g/mol. The molecular formula is C23H20FN3O4S. The van der Waals surface area contributed by atoms with Gasteiger partial charge in [0.15, 0.2) is 5.11 Å². The molecule has 1 aliphatic rings. The van der Waals surface area contributed by atoms with E-state index < -0.39 is 11.9 Å². The molecule has 4 rings (SSSR count). The maximum absolute atomic E-state index is 13.4.